The number of amides is 2. The Balaban J connectivity index is 1.97. The summed E-state index contributed by atoms with van der Waals surface area (Å²) in [6.07, 6.45) is 3.83. The van der Waals surface area contributed by atoms with Crippen molar-refractivity contribution in [3.05, 3.63) is 0 Å². The fourth-order valence-corrected chi connectivity index (χ4v) is 2.58. The van der Waals surface area contributed by atoms with Gasteiger partial charge in [0.05, 0.1) is 5.41 Å². The summed E-state index contributed by atoms with van der Waals surface area (Å²) in [5.74, 6) is -0.759. The van der Waals surface area contributed by atoms with Crippen molar-refractivity contribution in [1.82, 2.24) is 10.2 Å². The van der Waals surface area contributed by atoms with Gasteiger partial charge in [0.1, 0.15) is 0 Å². The third-order valence-corrected chi connectivity index (χ3v) is 4.69. The molecule has 0 aromatic rings. The fraction of sp³-hybridized carbons (Fsp3) is 0.857. The van der Waals surface area contributed by atoms with Crippen molar-refractivity contribution in [2.24, 2.45) is 11.3 Å². The largest absolute Gasteiger partial charge is 0.481 e. The van der Waals surface area contributed by atoms with E-state index in [1.165, 1.54) is 0 Å². The average molecular weight is 268 g/mol. The first kappa shape index (κ1) is 14.2. The van der Waals surface area contributed by atoms with Gasteiger partial charge >= 0.3 is 12.0 Å². The fourth-order valence-electron chi connectivity index (χ4n) is 2.58. The number of carboxylic acid groups (broad SMARTS) is 1. The molecule has 0 aromatic carbocycles. The Kier molecular flexibility index (Phi) is 3.49. The monoisotopic (exact) mass is 268 g/mol. The molecule has 19 heavy (non-hydrogen) atoms. The van der Waals surface area contributed by atoms with Crippen LogP contribution in [0.1, 0.15) is 46.5 Å². The summed E-state index contributed by atoms with van der Waals surface area (Å²) in [4.78, 5) is 25.3. The Hall–Kier alpha value is -1.26. The number of carboxylic acids is 1. The van der Waals surface area contributed by atoms with Gasteiger partial charge in [-0.25, -0.2) is 4.79 Å². The molecule has 1 saturated carbocycles. The third kappa shape index (κ3) is 3.01. The van der Waals surface area contributed by atoms with Gasteiger partial charge in [-0.2, -0.15) is 0 Å². The van der Waals surface area contributed by atoms with E-state index in [-0.39, 0.29) is 17.5 Å². The molecular weight excluding hydrogens is 244 g/mol. The van der Waals surface area contributed by atoms with Crippen LogP contribution in [0.3, 0.4) is 0 Å². The number of hydrogen-bond acceptors (Lipinski definition) is 2. The molecule has 1 heterocycles. The summed E-state index contributed by atoms with van der Waals surface area (Å²) >= 11 is 0. The molecule has 2 aliphatic rings. The Morgan fingerprint density at radius 1 is 1.37 bits per heavy atom. The van der Waals surface area contributed by atoms with E-state index in [1.54, 1.807) is 18.7 Å². The number of urea groups is 1. The van der Waals surface area contributed by atoms with E-state index in [0.29, 0.717) is 6.54 Å². The van der Waals surface area contributed by atoms with E-state index < -0.39 is 11.4 Å². The first-order valence-corrected chi connectivity index (χ1v) is 7.05. The molecular formula is C14H24N2O3. The SMILES string of the molecule is CC1(NC(=O)N2CCCC(C(C)(C)C(=O)O)C2)CC1. The predicted octanol–water partition coefficient (Wildman–Crippen LogP) is 2.07. The van der Waals surface area contributed by atoms with Crippen LogP contribution in [0.15, 0.2) is 0 Å². The van der Waals surface area contributed by atoms with Crippen LogP contribution in [0.25, 0.3) is 0 Å². The second-order valence-corrected chi connectivity index (χ2v) is 6.80. The summed E-state index contributed by atoms with van der Waals surface area (Å²) < 4.78 is 0. The highest BCUT2D eigenvalue weighted by atomic mass is 16.4. The molecule has 1 aliphatic carbocycles. The maximum atomic E-state index is 12.2. The van der Waals surface area contributed by atoms with E-state index in [4.69, 9.17) is 0 Å². The van der Waals surface area contributed by atoms with Crippen molar-refractivity contribution in [2.75, 3.05) is 13.1 Å². The molecule has 1 aliphatic heterocycles. The molecule has 5 heteroatoms. The van der Waals surface area contributed by atoms with E-state index in [9.17, 15) is 14.7 Å². The van der Waals surface area contributed by atoms with Crippen LogP contribution in [0.4, 0.5) is 4.79 Å². The molecule has 1 unspecified atom stereocenters. The molecule has 0 aromatic heterocycles. The maximum absolute atomic E-state index is 12.2. The third-order valence-electron chi connectivity index (χ3n) is 4.69. The lowest BCUT2D eigenvalue weighted by Crippen LogP contribution is -2.51. The highest BCUT2D eigenvalue weighted by Crippen LogP contribution is 2.36. The normalized spacial score (nSPS) is 25.8. The molecule has 0 bridgehead atoms. The summed E-state index contributed by atoms with van der Waals surface area (Å²) in [7, 11) is 0. The quantitative estimate of drug-likeness (QED) is 0.823. The first-order valence-electron chi connectivity index (χ1n) is 7.05. The minimum Gasteiger partial charge on any atom is -0.481 e. The molecule has 2 amide bonds. The van der Waals surface area contributed by atoms with Crippen LogP contribution in [-0.2, 0) is 4.79 Å². The maximum Gasteiger partial charge on any atom is 0.317 e. The summed E-state index contributed by atoms with van der Waals surface area (Å²) in [5, 5.41) is 12.3. The number of likely N-dealkylation sites (tertiary alicyclic amines) is 1. The van der Waals surface area contributed by atoms with Crippen molar-refractivity contribution in [3.8, 4) is 0 Å². The Bertz CT molecular complexity index is 388. The van der Waals surface area contributed by atoms with Gasteiger partial charge in [0.25, 0.3) is 0 Å². The van der Waals surface area contributed by atoms with Crippen molar-refractivity contribution in [2.45, 2.75) is 52.0 Å². The number of carbonyl (C=O) groups is 2. The van der Waals surface area contributed by atoms with Crippen LogP contribution in [0.5, 0.6) is 0 Å². The molecule has 2 fully saturated rings. The lowest BCUT2D eigenvalue weighted by Gasteiger charge is -2.39. The smallest absolute Gasteiger partial charge is 0.317 e. The molecule has 5 nitrogen and oxygen atoms in total. The topological polar surface area (TPSA) is 69.6 Å². The number of carbonyl (C=O) groups excluding carboxylic acids is 1. The minimum absolute atomic E-state index is 0.0215. The second-order valence-electron chi connectivity index (χ2n) is 6.80. The van der Waals surface area contributed by atoms with E-state index in [0.717, 1.165) is 32.2 Å². The number of hydrogen-bond donors (Lipinski definition) is 2. The molecule has 1 saturated heterocycles. The number of nitrogens with one attached hydrogen (secondary N) is 1. The standard InChI is InChI=1S/C14H24N2O3/c1-13(2,11(17)18)10-5-4-8-16(9-10)12(19)15-14(3)6-7-14/h10H,4-9H2,1-3H3,(H,15,19)(H,17,18). The van der Waals surface area contributed by atoms with Gasteiger partial charge in [0.15, 0.2) is 0 Å². The highest BCUT2D eigenvalue weighted by Gasteiger charge is 2.43. The van der Waals surface area contributed by atoms with Gasteiger partial charge in [-0.1, -0.05) is 0 Å². The van der Waals surface area contributed by atoms with E-state index >= 15 is 0 Å². The van der Waals surface area contributed by atoms with Crippen LogP contribution in [-0.4, -0.2) is 40.6 Å². The van der Waals surface area contributed by atoms with Crippen LogP contribution in [0, 0.1) is 11.3 Å². The van der Waals surface area contributed by atoms with Gasteiger partial charge in [0.2, 0.25) is 0 Å². The molecule has 2 rings (SSSR count). The van der Waals surface area contributed by atoms with E-state index in [2.05, 4.69) is 5.32 Å². The van der Waals surface area contributed by atoms with Crippen molar-refractivity contribution in [1.29, 1.82) is 0 Å². The summed E-state index contributed by atoms with van der Waals surface area (Å²) in [6.45, 7) is 6.83. The number of piperidine rings is 1. The van der Waals surface area contributed by atoms with E-state index in [1.807, 2.05) is 6.92 Å². The minimum atomic E-state index is -0.783. The average Bonchev–Trinajstić information content (AvgIpc) is 3.06. The summed E-state index contributed by atoms with van der Waals surface area (Å²) in [6, 6.07) is -0.0362. The van der Waals surface area contributed by atoms with Crippen LogP contribution in [0.2, 0.25) is 0 Å². The first-order chi connectivity index (χ1) is 8.74. The number of aliphatic carboxylic acids is 1. The van der Waals surface area contributed by atoms with Gasteiger partial charge in [-0.05, 0) is 52.4 Å². The molecule has 2 N–H and O–H groups in total. The lowest BCUT2D eigenvalue weighted by molar-refractivity contribution is -0.151. The Labute approximate surface area is 114 Å². The van der Waals surface area contributed by atoms with Crippen LogP contribution < -0.4 is 5.32 Å². The van der Waals surface area contributed by atoms with Crippen molar-refractivity contribution in [3.63, 3.8) is 0 Å². The zero-order valence-corrected chi connectivity index (χ0v) is 12.0. The van der Waals surface area contributed by atoms with Crippen LogP contribution >= 0.6 is 0 Å². The molecule has 1 atom stereocenters. The van der Waals surface area contributed by atoms with Gasteiger partial charge in [-0.15, -0.1) is 0 Å². The molecule has 0 radical (unpaired) electrons. The van der Waals surface area contributed by atoms with Crippen molar-refractivity contribution < 1.29 is 14.7 Å². The van der Waals surface area contributed by atoms with Crippen molar-refractivity contribution >= 4 is 12.0 Å². The summed E-state index contributed by atoms with van der Waals surface area (Å²) in [5.41, 5.74) is -0.797. The van der Waals surface area contributed by atoms with Gasteiger partial charge < -0.3 is 15.3 Å². The molecule has 108 valence electrons. The number of nitrogens with zero attached hydrogens (tertiary/aromatic N) is 1. The number of rotatable bonds is 3. The zero-order valence-electron chi connectivity index (χ0n) is 12.0. The molecule has 0 spiro atoms. The zero-order chi connectivity index (χ0) is 14.3. The lowest BCUT2D eigenvalue weighted by atomic mass is 9.74. The Morgan fingerprint density at radius 2 is 2.00 bits per heavy atom. The van der Waals surface area contributed by atoms with Gasteiger partial charge in [-0.3, -0.25) is 4.79 Å². The highest BCUT2D eigenvalue weighted by molar-refractivity contribution is 5.76. The Morgan fingerprint density at radius 3 is 2.53 bits per heavy atom. The second kappa shape index (κ2) is 4.69. The predicted molar refractivity (Wildman–Crippen MR) is 71.9 cm³/mol. The van der Waals surface area contributed by atoms with Gasteiger partial charge in [0, 0.05) is 18.6 Å².